The molecule has 0 bridgehead atoms. The number of esters is 6. The van der Waals surface area contributed by atoms with Gasteiger partial charge in [0.15, 0.2) is 0 Å². The third-order valence-electron chi connectivity index (χ3n) is 12.9. The van der Waals surface area contributed by atoms with Crippen LogP contribution in [0.4, 0.5) is 0 Å². The Balaban J connectivity index is 0.000000221. The van der Waals surface area contributed by atoms with E-state index >= 15 is 0 Å². The van der Waals surface area contributed by atoms with E-state index in [1.165, 1.54) is 0 Å². The van der Waals surface area contributed by atoms with Crippen molar-refractivity contribution in [2.75, 3.05) is 21.3 Å². The van der Waals surface area contributed by atoms with Crippen molar-refractivity contribution in [3.05, 3.63) is 211 Å². The van der Waals surface area contributed by atoms with Crippen molar-refractivity contribution in [2.45, 2.75) is 97.8 Å². The topological polar surface area (TPSA) is 211 Å². The zero-order valence-electron chi connectivity index (χ0n) is 52.5. The van der Waals surface area contributed by atoms with Crippen molar-refractivity contribution in [2.24, 2.45) is 0 Å². The van der Waals surface area contributed by atoms with Crippen molar-refractivity contribution < 1.29 is 121 Å². The molecule has 0 aliphatic rings. The van der Waals surface area contributed by atoms with Crippen molar-refractivity contribution in [3.63, 3.8) is 0 Å². The first-order chi connectivity index (χ1) is 42.3. The normalized spacial score (nSPS) is 10.8. The number of ether oxygens (including phenoxy) is 9. The molecule has 0 saturated heterocycles. The van der Waals surface area contributed by atoms with E-state index < -0.39 is 55.1 Å². The van der Waals surface area contributed by atoms with Crippen LogP contribution in [0.2, 0.25) is 0 Å². The second-order valence-electron chi connectivity index (χ2n) is 22.9. The molecule has 0 amide bonds. The maximum Gasteiger partial charge on any atom is 3.00 e. The van der Waals surface area contributed by atoms with Gasteiger partial charge in [-0.25, -0.2) is 0 Å². The van der Waals surface area contributed by atoms with Crippen molar-refractivity contribution in [3.8, 4) is 51.7 Å². The number of aromatic nitrogens is 2. The number of hydrogen-bond acceptors (Lipinski definition) is 17. The monoisotopic (exact) mass is 1360 g/mol. The van der Waals surface area contributed by atoms with Crippen molar-refractivity contribution in [1.29, 1.82) is 0 Å². The van der Waals surface area contributed by atoms with Gasteiger partial charge in [-0.15, -0.1) is 0 Å². The summed E-state index contributed by atoms with van der Waals surface area (Å²) in [5.41, 5.74) is 5.40. The maximum absolute atomic E-state index is 11.9. The molecule has 17 nitrogen and oxygen atoms in total. The molecular formula is C72H74EuN2O15+3. The van der Waals surface area contributed by atoms with Crippen LogP contribution >= 0.6 is 0 Å². The number of nitrogens with zero attached hydrogens (tertiary/aromatic N) is 2. The average Bonchev–Trinajstić information content (AvgIpc) is 1.72. The van der Waals surface area contributed by atoms with E-state index in [-0.39, 0.29) is 65.6 Å². The number of pyridine rings is 2. The molecule has 9 rings (SSSR count). The summed E-state index contributed by atoms with van der Waals surface area (Å²) in [6.07, 6.45) is 2.21. The Kier molecular flexibility index (Phi) is 27.3. The summed E-state index contributed by atoms with van der Waals surface area (Å²) in [5, 5.41) is 2.28. The molecule has 0 spiro atoms. The van der Waals surface area contributed by atoms with Gasteiger partial charge in [-0.3, -0.25) is 38.7 Å². The molecule has 0 N–H and O–H groups in total. The van der Waals surface area contributed by atoms with Crippen molar-refractivity contribution in [1.82, 2.24) is 9.97 Å². The predicted octanol–water partition coefficient (Wildman–Crippen LogP) is 14.5. The van der Waals surface area contributed by atoms with Gasteiger partial charge in [-0.05, 0) is 154 Å². The summed E-state index contributed by atoms with van der Waals surface area (Å²) >= 11 is 0. The van der Waals surface area contributed by atoms with Gasteiger partial charge in [0.25, 0.3) is 0 Å². The molecule has 0 radical (unpaired) electrons. The van der Waals surface area contributed by atoms with E-state index in [0.29, 0.717) is 51.7 Å². The van der Waals surface area contributed by atoms with Crippen LogP contribution in [-0.2, 0) is 45.0 Å². The van der Waals surface area contributed by atoms with Gasteiger partial charge in [0.1, 0.15) is 71.0 Å². The molecule has 466 valence electrons. The van der Waals surface area contributed by atoms with Crippen molar-refractivity contribution >= 4 is 57.6 Å². The number of fused-ring (bicyclic) bond motifs is 3. The van der Waals surface area contributed by atoms with Gasteiger partial charge in [0.05, 0.1) is 32.4 Å². The Morgan fingerprint density at radius 3 is 0.667 bits per heavy atom. The minimum absolute atomic E-state index is 0. The van der Waals surface area contributed by atoms with Gasteiger partial charge in [-0.2, -0.15) is 0 Å². The quantitative estimate of drug-likeness (QED) is 0.0404. The Morgan fingerprint density at radius 1 is 0.289 bits per heavy atom. The number of hydrogen-bond donors (Lipinski definition) is 0. The summed E-state index contributed by atoms with van der Waals surface area (Å²) < 4.78 is 45.8. The Hall–Kier alpha value is -8.84. The minimum Gasteiger partial charge on any atom is -0.497 e. The predicted molar refractivity (Wildman–Crippen MR) is 339 cm³/mol. The van der Waals surface area contributed by atoms with Gasteiger partial charge >= 0.3 is 85.2 Å². The zero-order valence-corrected chi connectivity index (χ0v) is 54.9. The van der Waals surface area contributed by atoms with E-state index in [1.807, 2.05) is 48.5 Å². The van der Waals surface area contributed by atoms with Crippen LogP contribution in [0.1, 0.15) is 98.3 Å². The molecule has 7 aromatic carbocycles. The molecule has 0 saturated carbocycles. The Morgan fingerprint density at radius 2 is 0.478 bits per heavy atom. The number of carbonyl (C=O) groups excluding carboxylic acids is 6. The Labute approximate surface area is 565 Å². The standard InChI is InChI=1S/3C20H22O5.C12H8N2.Eu/c3*1-20(2,3)14-5-7-16(8-6-14)24-18(21)13-19(22)25-17-11-9-15(23-4)10-12-17;1-3-9-5-6-10-4-2-8-14-12(10)11(9)13-7-1;/h3*5-12H,13H2,1-4H3;1-8H;/q;;;;+3. The summed E-state index contributed by atoms with van der Waals surface area (Å²) in [4.78, 5) is 79.6. The van der Waals surface area contributed by atoms with Crippen LogP contribution in [0, 0.1) is 49.4 Å². The zero-order chi connectivity index (χ0) is 64.7. The number of rotatable bonds is 15. The van der Waals surface area contributed by atoms with Crippen LogP contribution in [-0.4, -0.2) is 67.1 Å². The van der Waals surface area contributed by atoms with E-state index in [0.717, 1.165) is 38.5 Å². The third kappa shape index (κ3) is 23.9. The smallest absolute Gasteiger partial charge is 0.497 e. The molecule has 0 fully saturated rings. The third-order valence-corrected chi connectivity index (χ3v) is 12.9. The first kappa shape index (κ1) is 71.9. The van der Waals surface area contributed by atoms with Crippen LogP contribution in [0.3, 0.4) is 0 Å². The van der Waals surface area contributed by atoms with Gasteiger partial charge in [-0.1, -0.05) is 123 Å². The number of methoxy groups -OCH3 is 3. The molecule has 2 heterocycles. The first-order valence-corrected chi connectivity index (χ1v) is 28.3. The fourth-order valence-corrected chi connectivity index (χ4v) is 8.04. The SMILES string of the molecule is COc1ccc(OC(=O)CC(=O)Oc2ccc(C(C)(C)C)cc2)cc1.COc1ccc(OC(=O)CC(=O)Oc2ccc(C(C)(C)C)cc2)cc1.COc1ccc(OC(=O)CC(=O)Oc2ccc(C(C)(C)C)cc2)cc1.[Eu+3].c1cnc2c(c1)ccc1cccnc12. The summed E-state index contributed by atoms with van der Waals surface area (Å²) in [7, 11) is 4.64. The summed E-state index contributed by atoms with van der Waals surface area (Å²) in [6, 6.07) is 53.4. The van der Waals surface area contributed by atoms with E-state index in [4.69, 9.17) is 42.6 Å². The molecule has 0 atom stereocenters. The van der Waals surface area contributed by atoms with Crippen LogP contribution in [0.25, 0.3) is 21.8 Å². The molecule has 2 aromatic heterocycles. The molecule has 18 heteroatoms. The second-order valence-corrected chi connectivity index (χ2v) is 22.9. The largest absolute Gasteiger partial charge is 3.00 e. The maximum atomic E-state index is 11.9. The molecule has 9 aromatic rings. The van der Waals surface area contributed by atoms with Crippen LogP contribution in [0.5, 0.6) is 51.7 Å². The van der Waals surface area contributed by atoms with E-state index in [1.54, 1.807) is 143 Å². The Bertz CT molecular complexity index is 3430. The fraction of sp³-hybridized carbons (Fsp3) is 0.250. The molecule has 0 unspecified atom stereocenters. The summed E-state index contributed by atoms with van der Waals surface area (Å²) in [6.45, 7) is 18.9. The number of benzene rings is 7. The van der Waals surface area contributed by atoms with E-state index in [2.05, 4.69) is 96.5 Å². The van der Waals surface area contributed by atoms with Gasteiger partial charge in [0.2, 0.25) is 0 Å². The first-order valence-electron chi connectivity index (χ1n) is 28.3. The minimum atomic E-state index is -0.679. The van der Waals surface area contributed by atoms with E-state index in [9.17, 15) is 28.8 Å². The van der Waals surface area contributed by atoms with Gasteiger partial charge in [0, 0.05) is 23.2 Å². The second kappa shape index (κ2) is 34.2. The summed E-state index contributed by atoms with van der Waals surface area (Å²) in [5.74, 6) is 0.138. The molecule has 0 aliphatic carbocycles. The van der Waals surface area contributed by atoms with Crippen LogP contribution in [0.15, 0.2) is 194 Å². The number of carbonyl (C=O) groups is 6. The average molecular weight is 1360 g/mol. The molecule has 0 aliphatic heterocycles. The molecular weight excluding hydrogens is 1280 g/mol. The fourth-order valence-electron chi connectivity index (χ4n) is 8.04. The molecule has 90 heavy (non-hydrogen) atoms. The van der Waals surface area contributed by atoms with Crippen LogP contribution < -0.4 is 42.6 Å². The van der Waals surface area contributed by atoms with Gasteiger partial charge < -0.3 is 42.6 Å².